The first kappa shape index (κ1) is 167. The van der Waals surface area contributed by atoms with Crippen molar-refractivity contribution in [3.05, 3.63) is 0 Å². The molecular formula is C2H10GaO. The number of rotatable bonds is 0. The van der Waals surface area contributed by atoms with E-state index in [1.165, 1.54) is 0 Å². The summed E-state index contributed by atoms with van der Waals surface area (Å²) >= 11 is 0. The van der Waals surface area contributed by atoms with Crippen LogP contribution in [0.2, 0.25) is 0 Å². The third-order valence-corrected chi connectivity index (χ3v) is 0. The summed E-state index contributed by atoms with van der Waals surface area (Å²) in [6, 6.07) is 0. The minimum atomic E-state index is 0. The quantitative estimate of drug-likeness (QED) is 0.405. The predicted molar refractivity (Wildman–Crippen MR) is 22.8 cm³/mol. The fourth-order valence-corrected chi connectivity index (χ4v) is 0. The van der Waals surface area contributed by atoms with Crippen molar-refractivity contribution in [1.29, 1.82) is 0 Å². The van der Waals surface area contributed by atoms with E-state index in [9.17, 15) is 0 Å². The Balaban J connectivity index is 0. The normalized spacial score (nSPS) is 0. The molecule has 4 heavy (non-hydrogen) atoms. The summed E-state index contributed by atoms with van der Waals surface area (Å²) < 4.78 is 0. The molecule has 1 nitrogen and oxygen atoms in total. The molecule has 0 aliphatic rings. The second kappa shape index (κ2) is 68.2. The van der Waals surface area contributed by atoms with Gasteiger partial charge in [-0.2, -0.15) is 0 Å². The van der Waals surface area contributed by atoms with Gasteiger partial charge in [-0.3, -0.25) is 0 Å². The average molecular weight is 120 g/mol. The Bertz CT molecular complexity index is 6.00. The van der Waals surface area contributed by atoms with Crippen LogP contribution < -0.4 is 0 Å². The molecule has 0 aromatic rings. The van der Waals surface area contributed by atoms with Crippen LogP contribution in [0.1, 0.15) is 14.9 Å². The van der Waals surface area contributed by atoms with Gasteiger partial charge in [0.1, 0.15) is 0 Å². The van der Waals surface area contributed by atoms with Gasteiger partial charge in [0.25, 0.3) is 0 Å². The molecular weight excluding hydrogens is 110 g/mol. The SMILES string of the molecule is C.C.O.[Ga]. The van der Waals surface area contributed by atoms with Crippen molar-refractivity contribution < 1.29 is 5.48 Å². The van der Waals surface area contributed by atoms with Gasteiger partial charge in [0, 0.05) is 19.8 Å². The van der Waals surface area contributed by atoms with Gasteiger partial charge in [0.15, 0.2) is 0 Å². The molecule has 0 saturated heterocycles. The second-order valence-corrected chi connectivity index (χ2v) is 0. The van der Waals surface area contributed by atoms with Crippen molar-refractivity contribution in [2.75, 3.05) is 0 Å². The first-order valence-corrected chi connectivity index (χ1v) is 0. The summed E-state index contributed by atoms with van der Waals surface area (Å²) in [6.07, 6.45) is 0. The second-order valence-electron chi connectivity index (χ2n) is 0. The van der Waals surface area contributed by atoms with Crippen molar-refractivity contribution in [1.82, 2.24) is 0 Å². The van der Waals surface area contributed by atoms with E-state index in [1.54, 1.807) is 0 Å². The third kappa shape index (κ3) is 18.6. The van der Waals surface area contributed by atoms with Gasteiger partial charge in [-0.25, -0.2) is 0 Å². The monoisotopic (exact) mass is 119 g/mol. The Morgan fingerprint density at radius 1 is 0.750 bits per heavy atom. The van der Waals surface area contributed by atoms with Crippen LogP contribution in [-0.2, 0) is 0 Å². The zero-order chi connectivity index (χ0) is 0. The summed E-state index contributed by atoms with van der Waals surface area (Å²) in [7, 11) is 0. The third-order valence-electron chi connectivity index (χ3n) is 0. The van der Waals surface area contributed by atoms with Crippen LogP contribution in [-0.4, -0.2) is 25.3 Å². The molecule has 0 aromatic heterocycles. The van der Waals surface area contributed by atoms with E-state index in [0.29, 0.717) is 0 Å². The van der Waals surface area contributed by atoms with Crippen LogP contribution in [0.5, 0.6) is 0 Å². The van der Waals surface area contributed by atoms with Crippen molar-refractivity contribution >= 4 is 19.8 Å². The molecule has 0 rings (SSSR count). The maximum absolute atomic E-state index is 0. The fraction of sp³-hybridized carbons (Fsp3) is 1.00. The minimum absolute atomic E-state index is 0. The van der Waals surface area contributed by atoms with E-state index in [2.05, 4.69) is 0 Å². The molecule has 27 valence electrons. The van der Waals surface area contributed by atoms with Gasteiger partial charge >= 0.3 is 0 Å². The average Bonchev–Trinajstić information content (AvgIpc) is 0. The Hall–Kier alpha value is 0.596. The van der Waals surface area contributed by atoms with E-state index in [0.717, 1.165) is 0 Å². The Morgan fingerprint density at radius 2 is 0.750 bits per heavy atom. The van der Waals surface area contributed by atoms with E-state index < -0.39 is 0 Å². The van der Waals surface area contributed by atoms with Gasteiger partial charge < -0.3 is 5.48 Å². The summed E-state index contributed by atoms with van der Waals surface area (Å²) in [5.41, 5.74) is 0. The van der Waals surface area contributed by atoms with Gasteiger partial charge in [-0.15, -0.1) is 0 Å². The minimum Gasteiger partial charge on any atom is -0.412 e. The van der Waals surface area contributed by atoms with Crippen molar-refractivity contribution in [2.24, 2.45) is 0 Å². The fourth-order valence-electron chi connectivity index (χ4n) is 0. The molecule has 3 radical (unpaired) electrons. The van der Waals surface area contributed by atoms with Crippen molar-refractivity contribution in [3.63, 3.8) is 0 Å². The maximum atomic E-state index is 0. The largest absolute Gasteiger partial charge is 0.412 e. The molecule has 0 aliphatic heterocycles. The summed E-state index contributed by atoms with van der Waals surface area (Å²) in [4.78, 5) is 0. The summed E-state index contributed by atoms with van der Waals surface area (Å²) in [5.74, 6) is 0. The standard InChI is InChI=1S/2CH4.Ga.H2O/h2*1H4;;1H2. The van der Waals surface area contributed by atoms with E-state index >= 15 is 0 Å². The molecule has 0 fully saturated rings. The molecule has 0 amide bonds. The number of hydrogen-bond acceptors (Lipinski definition) is 0. The van der Waals surface area contributed by atoms with Crippen molar-refractivity contribution in [2.45, 2.75) is 14.9 Å². The van der Waals surface area contributed by atoms with Gasteiger partial charge in [0.2, 0.25) is 0 Å². The molecule has 2 N–H and O–H groups in total. The molecule has 0 atom stereocenters. The molecule has 0 spiro atoms. The molecule has 0 saturated carbocycles. The first-order chi connectivity index (χ1) is 0. The topological polar surface area (TPSA) is 31.5 Å². The van der Waals surface area contributed by atoms with Gasteiger partial charge in [-0.05, 0) is 0 Å². The maximum Gasteiger partial charge on any atom is 0 e. The zero-order valence-corrected chi connectivity index (χ0v) is 3.50. The van der Waals surface area contributed by atoms with E-state index in [1.807, 2.05) is 0 Å². The van der Waals surface area contributed by atoms with Gasteiger partial charge in [0.05, 0.1) is 0 Å². The molecule has 0 aromatic carbocycles. The predicted octanol–water partition coefficient (Wildman–Crippen LogP) is 0.0667. The first-order valence-electron chi connectivity index (χ1n) is 0. The van der Waals surface area contributed by atoms with E-state index in [4.69, 9.17) is 0 Å². The Kier molecular flexibility index (Phi) is 2850. The van der Waals surface area contributed by atoms with Crippen LogP contribution in [0, 0.1) is 0 Å². The molecule has 0 bridgehead atoms. The Morgan fingerprint density at radius 3 is 0.750 bits per heavy atom. The Labute approximate surface area is 40.8 Å². The van der Waals surface area contributed by atoms with Crippen LogP contribution in [0.25, 0.3) is 0 Å². The molecule has 0 heterocycles. The van der Waals surface area contributed by atoms with Crippen LogP contribution in [0.4, 0.5) is 0 Å². The summed E-state index contributed by atoms with van der Waals surface area (Å²) in [6.45, 7) is 0. The molecule has 0 aliphatic carbocycles. The van der Waals surface area contributed by atoms with Crippen LogP contribution >= 0.6 is 0 Å². The van der Waals surface area contributed by atoms with Crippen molar-refractivity contribution in [3.8, 4) is 0 Å². The smallest absolute Gasteiger partial charge is 0 e. The zero-order valence-electron chi connectivity index (χ0n) is 1.08. The number of hydrogen-bond donors (Lipinski definition) is 0. The summed E-state index contributed by atoms with van der Waals surface area (Å²) in [5, 5.41) is 0. The van der Waals surface area contributed by atoms with Gasteiger partial charge in [-0.1, -0.05) is 14.9 Å². The molecule has 0 unspecified atom stereocenters. The van der Waals surface area contributed by atoms with E-state index in [-0.39, 0.29) is 40.1 Å². The molecule has 2 heteroatoms. The van der Waals surface area contributed by atoms with Crippen LogP contribution in [0.3, 0.4) is 0 Å². The van der Waals surface area contributed by atoms with Crippen LogP contribution in [0.15, 0.2) is 0 Å².